The molecule has 7 nitrogen and oxygen atoms in total. The number of hydrogen-bond donors (Lipinski definition) is 3. The number of carbonyl (C=O) groups excluding carboxylic acids is 1. The van der Waals surface area contributed by atoms with Crippen molar-refractivity contribution < 1.29 is 22.7 Å². The zero-order valence-electron chi connectivity index (χ0n) is 15.9. The molecule has 0 unspecified atom stereocenters. The number of benzene rings is 1. The predicted molar refractivity (Wildman–Crippen MR) is 99.2 cm³/mol. The molecule has 1 aromatic carbocycles. The highest BCUT2D eigenvalue weighted by atomic mass is 19.4. The number of aromatic nitrogens is 2. The Balaban J connectivity index is 2.19. The predicted octanol–water partition coefficient (Wildman–Crippen LogP) is 3.36. The summed E-state index contributed by atoms with van der Waals surface area (Å²) in [7, 11) is 1.52. The van der Waals surface area contributed by atoms with Crippen molar-refractivity contribution in [2.24, 2.45) is 4.99 Å². The Bertz CT molecular complexity index is 853. The molecule has 0 atom stereocenters. The minimum atomic E-state index is -4.55. The fraction of sp³-hybridized carbons (Fsp3) is 0.389. The zero-order chi connectivity index (χ0) is 20.9. The highest BCUT2D eigenvalue weighted by Gasteiger charge is 2.33. The van der Waals surface area contributed by atoms with Gasteiger partial charge in [-0.25, -0.2) is 0 Å². The molecule has 2 aromatic rings. The number of hydrogen-bond acceptors (Lipinski definition) is 3. The summed E-state index contributed by atoms with van der Waals surface area (Å²) in [4.78, 5) is 16.3. The molecule has 0 saturated carbocycles. The van der Waals surface area contributed by atoms with Crippen LogP contribution >= 0.6 is 0 Å². The maximum absolute atomic E-state index is 12.7. The third-order valence-electron chi connectivity index (χ3n) is 3.35. The number of nitrogens with zero attached hydrogens (tertiary/aromatic N) is 2. The van der Waals surface area contributed by atoms with Crippen LogP contribution in [0.3, 0.4) is 0 Å². The molecule has 0 aliphatic heterocycles. The Kier molecular flexibility index (Phi) is 6.32. The van der Waals surface area contributed by atoms with Gasteiger partial charge in [0.05, 0.1) is 13.5 Å². The number of amides is 1. The molecule has 10 heteroatoms. The molecule has 1 aromatic heterocycles. The van der Waals surface area contributed by atoms with Crippen molar-refractivity contribution in [1.82, 2.24) is 15.5 Å². The van der Waals surface area contributed by atoms with E-state index in [1.807, 2.05) is 25.9 Å². The Morgan fingerprint density at radius 1 is 1.25 bits per heavy atom. The number of H-pyrrole nitrogens is 1. The van der Waals surface area contributed by atoms with E-state index in [0.717, 1.165) is 6.07 Å². The third kappa shape index (κ3) is 6.60. The van der Waals surface area contributed by atoms with E-state index >= 15 is 0 Å². The van der Waals surface area contributed by atoms with Gasteiger partial charge in [-0.05, 0) is 38.5 Å². The van der Waals surface area contributed by atoms with Crippen LogP contribution in [0.4, 0.5) is 19.0 Å². The third-order valence-corrected chi connectivity index (χ3v) is 3.35. The molecule has 0 aliphatic rings. The monoisotopic (exact) mass is 397 g/mol. The van der Waals surface area contributed by atoms with Crippen molar-refractivity contribution in [3.8, 4) is 5.75 Å². The van der Waals surface area contributed by atoms with Crippen LogP contribution in [0.15, 0.2) is 35.3 Å². The number of rotatable bonds is 4. The summed E-state index contributed by atoms with van der Waals surface area (Å²) in [6, 6.07) is 7.76. The van der Waals surface area contributed by atoms with E-state index in [4.69, 9.17) is 4.74 Å². The summed E-state index contributed by atoms with van der Waals surface area (Å²) in [5, 5.41) is 11.0. The summed E-state index contributed by atoms with van der Waals surface area (Å²) in [5.74, 6) is 0.00774. The van der Waals surface area contributed by atoms with E-state index in [-0.39, 0.29) is 18.2 Å². The van der Waals surface area contributed by atoms with Gasteiger partial charge in [0, 0.05) is 11.6 Å². The fourth-order valence-corrected chi connectivity index (χ4v) is 2.22. The van der Waals surface area contributed by atoms with Crippen LogP contribution in [-0.4, -0.2) is 34.7 Å². The number of anilines is 1. The van der Waals surface area contributed by atoms with Gasteiger partial charge < -0.3 is 15.4 Å². The molecular weight excluding hydrogens is 375 g/mol. The summed E-state index contributed by atoms with van der Waals surface area (Å²) in [5.41, 5.74) is -0.805. The number of carbonyl (C=O) groups is 1. The average molecular weight is 397 g/mol. The number of nitrogens with one attached hydrogen (secondary N) is 3. The molecule has 0 saturated heterocycles. The van der Waals surface area contributed by atoms with Gasteiger partial charge in [0.15, 0.2) is 5.82 Å². The number of halogens is 3. The van der Waals surface area contributed by atoms with Crippen molar-refractivity contribution >= 4 is 17.7 Å². The van der Waals surface area contributed by atoms with Crippen LogP contribution in [0.2, 0.25) is 0 Å². The molecule has 2 rings (SSSR count). The van der Waals surface area contributed by atoms with E-state index in [2.05, 4.69) is 20.7 Å². The first-order valence-electron chi connectivity index (χ1n) is 8.38. The largest absolute Gasteiger partial charge is 0.497 e. The van der Waals surface area contributed by atoms with Gasteiger partial charge in [-0.2, -0.15) is 23.3 Å². The van der Waals surface area contributed by atoms with Crippen LogP contribution in [0.1, 0.15) is 32.0 Å². The lowest BCUT2D eigenvalue weighted by atomic mass is 10.1. The number of guanidine groups is 1. The van der Waals surface area contributed by atoms with Crippen molar-refractivity contribution in [1.29, 1.82) is 0 Å². The topological polar surface area (TPSA) is 91.4 Å². The van der Waals surface area contributed by atoms with Gasteiger partial charge in [0.25, 0.3) is 5.91 Å². The number of aromatic amines is 1. The van der Waals surface area contributed by atoms with Crippen molar-refractivity contribution in [2.75, 3.05) is 12.4 Å². The summed E-state index contributed by atoms with van der Waals surface area (Å²) in [6.07, 6.45) is -4.55. The van der Waals surface area contributed by atoms with Crippen molar-refractivity contribution in [3.05, 3.63) is 41.6 Å². The quantitative estimate of drug-likeness (QED) is 0.544. The normalized spacial score (nSPS) is 12.6. The molecule has 28 heavy (non-hydrogen) atoms. The van der Waals surface area contributed by atoms with Crippen LogP contribution < -0.4 is 15.4 Å². The van der Waals surface area contributed by atoms with Crippen LogP contribution in [-0.2, 0) is 17.4 Å². The number of aliphatic imine (C=N–C) groups is 1. The molecule has 0 fully saturated rings. The average Bonchev–Trinajstić information content (AvgIpc) is 3.02. The van der Waals surface area contributed by atoms with Gasteiger partial charge in [-0.1, -0.05) is 12.1 Å². The summed E-state index contributed by atoms with van der Waals surface area (Å²) < 4.78 is 43.3. The lowest BCUT2D eigenvalue weighted by Crippen LogP contribution is -2.44. The fourth-order valence-electron chi connectivity index (χ4n) is 2.22. The molecule has 3 N–H and O–H groups in total. The minimum Gasteiger partial charge on any atom is -0.497 e. The standard InChI is InChI=1S/C18H22F3N5O2/c1-17(2,3)24-16(22-14-10-13(25-26-14)18(19,20)21)23-15(27)9-11-6-5-7-12(8-11)28-4/h5-8,10H,9H2,1-4H3,(H3,22,23,24,25,26,27). The van der Waals surface area contributed by atoms with E-state index < -0.39 is 23.3 Å². The Hall–Kier alpha value is -3.04. The highest BCUT2D eigenvalue weighted by Crippen LogP contribution is 2.28. The maximum Gasteiger partial charge on any atom is 0.432 e. The van der Waals surface area contributed by atoms with Crippen LogP contribution in [0.25, 0.3) is 0 Å². The maximum atomic E-state index is 12.7. The minimum absolute atomic E-state index is 0.000575. The molecule has 1 heterocycles. The van der Waals surface area contributed by atoms with Gasteiger partial charge in [0.1, 0.15) is 11.4 Å². The molecule has 1 amide bonds. The van der Waals surface area contributed by atoms with Crippen LogP contribution in [0, 0.1) is 0 Å². The van der Waals surface area contributed by atoms with Crippen molar-refractivity contribution in [2.45, 2.75) is 38.9 Å². The smallest absolute Gasteiger partial charge is 0.432 e. The second-order valence-electron chi connectivity index (χ2n) is 7.05. The van der Waals surface area contributed by atoms with Crippen LogP contribution in [0.5, 0.6) is 5.75 Å². The first kappa shape index (κ1) is 21.3. The molecule has 0 radical (unpaired) electrons. The van der Waals surface area contributed by atoms with Crippen molar-refractivity contribution in [3.63, 3.8) is 0 Å². The zero-order valence-corrected chi connectivity index (χ0v) is 15.9. The highest BCUT2D eigenvalue weighted by molar-refractivity contribution is 6.01. The number of ether oxygens (including phenoxy) is 1. The van der Waals surface area contributed by atoms with E-state index in [0.29, 0.717) is 11.3 Å². The Labute approximate surface area is 160 Å². The second kappa shape index (κ2) is 8.32. The Morgan fingerprint density at radius 3 is 2.54 bits per heavy atom. The first-order chi connectivity index (χ1) is 13.0. The van der Waals surface area contributed by atoms with Gasteiger partial charge >= 0.3 is 6.18 Å². The molecule has 0 spiro atoms. The summed E-state index contributed by atoms with van der Waals surface area (Å²) >= 11 is 0. The van der Waals surface area contributed by atoms with Gasteiger partial charge in [0.2, 0.25) is 5.96 Å². The SMILES string of the molecule is COc1cccc(CC(=O)/N=C(\Nc2cc(C(F)(F)F)[nH]n2)NC(C)(C)C)c1. The molecular formula is C18H22F3N5O2. The molecule has 0 aliphatic carbocycles. The van der Waals surface area contributed by atoms with E-state index in [9.17, 15) is 18.0 Å². The summed E-state index contributed by atoms with van der Waals surface area (Å²) in [6.45, 7) is 5.47. The second-order valence-corrected chi connectivity index (χ2v) is 7.05. The number of methoxy groups -OCH3 is 1. The van der Waals surface area contributed by atoms with E-state index in [1.165, 1.54) is 7.11 Å². The van der Waals surface area contributed by atoms with E-state index in [1.54, 1.807) is 24.3 Å². The molecule has 152 valence electrons. The lowest BCUT2D eigenvalue weighted by molar-refractivity contribution is -0.141. The first-order valence-corrected chi connectivity index (χ1v) is 8.38. The number of alkyl halides is 3. The molecule has 0 bridgehead atoms. The lowest BCUT2D eigenvalue weighted by Gasteiger charge is -2.23. The van der Waals surface area contributed by atoms with Gasteiger partial charge in [-0.3, -0.25) is 9.89 Å². The van der Waals surface area contributed by atoms with Gasteiger partial charge in [-0.15, -0.1) is 0 Å². The Morgan fingerprint density at radius 2 is 1.96 bits per heavy atom.